The molecule has 1 fully saturated rings. The third kappa shape index (κ3) is 2.56. The first-order chi connectivity index (χ1) is 8.61. The summed E-state index contributed by atoms with van der Waals surface area (Å²) in [4.78, 5) is 13.6. The van der Waals surface area contributed by atoms with E-state index in [4.69, 9.17) is 11.5 Å². The number of amides is 1. The monoisotopic (exact) mass is 248 g/mol. The number of carbonyl (C=O) groups excluding carboxylic acids is 1. The van der Waals surface area contributed by atoms with E-state index in [1.807, 2.05) is 24.3 Å². The van der Waals surface area contributed by atoms with Crippen LogP contribution in [0, 0.1) is 0 Å². The molecule has 1 aliphatic rings. The molecule has 0 bridgehead atoms. The van der Waals surface area contributed by atoms with E-state index in [0.29, 0.717) is 6.04 Å². The first-order valence-electron chi connectivity index (χ1n) is 6.26. The number of nitrogen functional groups attached to an aromatic ring is 1. The fourth-order valence-electron chi connectivity index (χ4n) is 2.49. The number of nitrogens with two attached hydrogens (primary N) is 2. The molecule has 2 atom stereocenters. The van der Waals surface area contributed by atoms with Crippen molar-refractivity contribution in [1.82, 2.24) is 5.32 Å². The van der Waals surface area contributed by atoms with Gasteiger partial charge in [-0.05, 0) is 37.2 Å². The lowest BCUT2D eigenvalue weighted by atomic mass is 10.1. The number of carbonyl (C=O) groups is 1. The highest BCUT2D eigenvalue weighted by molar-refractivity contribution is 5.84. The highest BCUT2D eigenvalue weighted by Crippen LogP contribution is 2.26. The second-order valence-electron chi connectivity index (χ2n) is 4.65. The summed E-state index contributed by atoms with van der Waals surface area (Å²) in [6, 6.07) is 7.61. The second-order valence-corrected chi connectivity index (χ2v) is 4.65. The zero-order valence-electron chi connectivity index (χ0n) is 10.6. The Kier molecular flexibility index (Phi) is 3.72. The maximum atomic E-state index is 11.5. The predicted molar refractivity (Wildman–Crippen MR) is 73.3 cm³/mol. The molecule has 0 aliphatic carbocycles. The van der Waals surface area contributed by atoms with Crippen LogP contribution < -0.4 is 21.7 Å². The van der Waals surface area contributed by atoms with Gasteiger partial charge >= 0.3 is 0 Å². The molecule has 2 unspecified atom stereocenters. The Morgan fingerprint density at radius 2 is 2.11 bits per heavy atom. The number of rotatable bonds is 4. The Bertz CT molecular complexity index is 418. The summed E-state index contributed by atoms with van der Waals surface area (Å²) in [7, 11) is 0. The van der Waals surface area contributed by atoms with E-state index in [2.05, 4.69) is 17.1 Å². The lowest BCUT2D eigenvalue weighted by Gasteiger charge is -2.24. The van der Waals surface area contributed by atoms with Crippen LogP contribution in [-0.4, -0.2) is 31.1 Å². The Balaban J connectivity index is 2.18. The minimum Gasteiger partial charge on any atom is -0.399 e. The maximum Gasteiger partial charge on any atom is 0.240 e. The molecule has 0 spiro atoms. The molecule has 2 rings (SSSR count). The molecular formula is C13H20N4O. The van der Waals surface area contributed by atoms with Crippen molar-refractivity contribution in [3.05, 3.63) is 24.3 Å². The van der Waals surface area contributed by atoms with Gasteiger partial charge in [-0.3, -0.25) is 4.79 Å². The van der Waals surface area contributed by atoms with E-state index >= 15 is 0 Å². The molecule has 1 aromatic carbocycles. The molecule has 1 saturated heterocycles. The van der Waals surface area contributed by atoms with E-state index in [1.54, 1.807) is 0 Å². The summed E-state index contributed by atoms with van der Waals surface area (Å²) in [5, 5.41) is 3.37. The molecule has 0 radical (unpaired) electrons. The summed E-state index contributed by atoms with van der Waals surface area (Å²) >= 11 is 0. The van der Waals surface area contributed by atoms with E-state index in [-0.39, 0.29) is 11.9 Å². The van der Waals surface area contributed by atoms with Gasteiger partial charge in [0.05, 0.1) is 0 Å². The van der Waals surface area contributed by atoms with E-state index < -0.39 is 0 Å². The molecule has 1 aliphatic heterocycles. The molecule has 18 heavy (non-hydrogen) atoms. The predicted octanol–water partition coefficient (Wildman–Crippen LogP) is 0.311. The van der Waals surface area contributed by atoms with Gasteiger partial charge in [0.1, 0.15) is 6.04 Å². The van der Waals surface area contributed by atoms with Gasteiger partial charge in [0, 0.05) is 24.0 Å². The smallest absolute Gasteiger partial charge is 0.240 e. The third-order valence-corrected chi connectivity index (χ3v) is 3.35. The number of benzene rings is 1. The zero-order chi connectivity index (χ0) is 13.1. The summed E-state index contributed by atoms with van der Waals surface area (Å²) in [6.07, 6.45) is 0.757. The Hall–Kier alpha value is -1.75. The highest BCUT2D eigenvalue weighted by atomic mass is 16.1. The van der Waals surface area contributed by atoms with Crippen LogP contribution in [0.5, 0.6) is 0 Å². The average molecular weight is 248 g/mol. The van der Waals surface area contributed by atoms with Crippen LogP contribution in [0.25, 0.3) is 0 Å². The molecule has 5 heteroatoms. The molecule has 98 valence electrons. The van der Waals surface area contributed by atoms with E-state index in [1.165, 1.54) is 0 Å². The van der Waals surface area contributed by atoms with Crippen molar-refractivity contribution in [3.63, 3.8) is 0 Å². The first kappa shape index (κ1) is 12.7. The Morgan fingerprint density at radius 1 is 1.44 bits per heavy atom. The molecular weight excluding hydrogens is 228 g/mol. The van der Waals surface area contributed by atoms with Crippen molar-refractivity contribution < 1.29 is 4.79 Å². The number of hydrogen-bond acceptors (Lipinski definition) is 4. The zero-order valence-corrected chi connectivity index (χ0v) is 10.6. The Labute approximate surface area is 107 Å². The summed E-state index contributed by atoms with van der Waals surface area (Å²) in [6.45, 7) is 3.75. The number of anilines is 2. The minimum atomic E-state index is -0.271. The number of primary amides is 1. The standard InChI is InChI=1S/C13H20N4O/c1-2-16-10-7-12(13(15)18)17(8-10)11-5-3-9(14)4-6-11/h3-6,10,12,16H,2,7-8,14H2,1H3,(H2,15,18). The number of likely N-dealkylation sites (N-methyl/N-ethyl adjacent to an activating group) is 1. The Morgan fingerprint density at radius 3 is 2.67 bits per heavy atom. The fraction of sp³-hybridized carbons (Fsp3) is 0.462. The molecule has 1 amide bonds. The van der Waals surface area contributed by atoms with Gasteiger partial charge < -0.3 is 21.7 Å². The van der Waals surface area contributed by atoms with Crippen LogP contribution in [-0.2, 0) is 4.79 Å². The van der Waals surface area contributed by atoms with Crippen molar-refractivity contribution in [2.75, 3.05) is 23.7 Å². The lowest BCUT2D eigenvalue weighted by Crippen LogP contribution is -2.40. The molecule has 0 saturated carbocycles. The van der Waals surface area contributed by atoms with Gasteiger partial charge in [-0.1, -0.05) is 6.92 Å². The average Bonchev–Trinajstić information content (AvgIpc) is 2.75. The van der Waals surface area contributed by atoms with Crippen LogP contribution in [0.3, 0.4) is 0 Å². The molecule has 1 aromatic rings. The molecule has 1 heterocycles. The van der Waals surface area contributed by atoms with Gasteiger partial charge in [0.2, 0.25) is 5.91 Å². The quantitative estimate of drug-likeness (QED) is 0.670. The van der Waals surface area contributed by atoms with Crippen LogP contribution in [0.15, 0.2) is 24.3 Å². The topological polar surface area (TPSA) is 84.4 Å². The lowest BCUT2D eigenvalue weighted by molar-refractivity contribution is -0.119. The second kappa shape index (κ2) is 5.27. The van der Waals surface area contributed by atoms with Crippen molar-refractivity contribution in [2.45, 2.75) is 25.4 Å². The van der Waals surface area contributed by atoms with Crippen LogP contribution in [0.1, 0.15) is 13.3 Å². The van der Waals surface area contributed by atoms with Gasteiger partial charge in [0.25, 0.3) is 0 Å². The third-order valence-electron chi connectivity index (χ3n) is 3.35. The fourth-order valence-corrected chi connectivity index (χ4v) is 2.49. The summed E-state index contributed by atoms with van der Waals surface area (Å²) < 4.78 is 0. The van der Waals surface area contributed by atoms with E-state index in [9.17, 15) is 4.79 Å². The molecule has 0 aromatic heterocycles. The van der Waals surface area contributed by atoms with Crippen molar-refractivity contribution in [1.29, 1.82) is 0 Å². The van der Waals surface area contributed by atoms with Gasteiger partial charge in [-0.25, -0.2) is 0 Å². The van der Waals surface area contributed by atoms with Crippen molar-refractivity contribution >= 4 is 17.3 Å². The molecule has 5 nitrogen and oxygen atoms in total. The van der Waals surface area contributed by atoms with Crippen LogP contribution in [0.4, 0.5) is 11.4 Å². The van der Waals surface area contributed by atoms with Gasteiger partial charge in [-0.2, -0.15) is 0 Å². The number of nitrogens with zero attached hydrogens (tertiary/aromatic N) is 1. The van der Waals surface area contributed by atoms with Crippen LogP contribution >= 0.6 is 0 Å². The van der Waals surface area contributed by atoms with Crippen LogP contribution in [0.2, 0.25) is 0 Å². The largest absolute Gasteiger partial charge is 0.399 e. The van der Waals surface area contributed by atoms with Gasteiger partial charge in [0.15, 0.2) is 0 Å². The van der Waals surface area contributed by atoms with E-state index in [0.717, 1.165) is 30.9 Å². The summed E-state index contributed by atoms with van der Waals surface area (Å²) in [5.41, 5.74) is 12.9. The normalized spacial score (nSPS) is 23.3. The first-order valence-corrected chi connectivity index (χ1v) is 6.26. The summed E-state index contributed by atoms with van der Waals surface area (Å²) in [5.74, 6) is -0.271. The minimum absolute atomic E-state index is 0.238. The van der Waals surface area contributed by atoms with Crippen molar-refractivity contribution in [2.24, 2.45) is 5.73 Å². The molecule has 5 N–H and O–H groups in total. The maximum absolute atomic E-state index is 11.5. The number of nitrogens with one attached hydrogen (secondary N) is 1. The van der Waals surface area contributed by atoms with Gasteiger partial charge in [-0.15, -0.1) is 0 Å². The SMILES string of the molecule is CCNC1CC(C(N)=O)N(c2ccc(N)cc2)C1. The number of hydrogen-bond donors (Lipinski definition) is 3. The van der Waals surface area contributed by atoms with Crippen molar-refractivity contribution in [3.8, 4) is 0 Å². The highest BCUT2D eigenvalue weighted by Gasteiger charge is 2.35.